The van der Waals surface area contributed by atoms with Gasteiger partial charge in [0, 0.05) is 6.54 Å². The molecule has 0 aromatic carbocycles. The average Bonchev–Trinajstić information content (AvgIpc) is 2.66. The van der Waals surface area contributed by atoms with E-state index in [2.05, 4.69) is 25.9 Å². The summed E-state index contributed by atoms with van der Waals surface area (Å²) in [5.74, 6) is 0.998. The molecular weight excluding hydrogens is 265 g/mol. The maximum absolute atomic E-state index is 13.0. The van der Waals surface area contributed by atoms with Gasteiger partial charge in [0.2, 0.25) is 11.8 Å². The predicted octanol–water partition coefficient (Wildman–Crippen LogP) is 1.80. The summed E-state index contributed by atoms with van der Waals surface area (Å²) in [5.41, 5.74) is 0. The molecule has 0 spiro atoms. The fraction of sp³-hybridized carbons (Fsp3) is 0.556. The quantitative estimate of drug-likeness (QED) is 0.825. The zero-order valence-corrected chi connectivity index (χ0v) is 9.87. The molecule has 0 amide bonds. The molecule has 1 aromatic rings. The number of alkyl halides is 1. The summed E-state index contributed by atoms with van der Waals surface area (Å²) in [5, 5.41) is 0. The number of methoxy groups -OCH3 is 1. The molecule has 0 N–H and O–H groups in total. The van der Waals surface area contributed by atoms with E-state index in [9.17, 15) is 4.39 Å². The van der Waals surface area contributed by atoms with E-state index in [1.165, 1.54) is 0 Å². The molecule has 2 rings (SSSR count). The van der Waals surface area contributed by atoms with Crippen molar-refractivity contribution < 1.29 is 9.13 Å². The Labute approximate surface area is 95.6 Å². The van der Waals surface area contributed by atoms with Crippen LogP contribution in [-0.4, -0.2) is 36.3 Å². The van der Waals surface area contributed by atoms with Gasteiger partial charge < -0.3 is 9.64 Å². The molecule has 15 heavy (non-hydrogen) atoms. The Morgan fingerprint density at radius 1 is 1.67 bits per heavy atom. The molecule has 0 bridgehead atoms. The summed E-state index contributed by atoms with van der Waals surface area (Å²) in [4.78, 5) is 10.1. The summed E-state index contributed by atoms with van der Waals surface area (Å²) in [7, 11) is 1.54. The fourth-order valence-electron chi connectivity index (χ4n) is 1.54. The lowest BCUT2D eigenvalue weighted by Gasteiger charge is -2.15. The van der Waals surface area contributed by atoms with E-state index in [-0.39, 0.29) is 0 Å². The minimum Gasteiger partial charge on any atom is -0.480 e. The van der Waals surface area contributed by atoms with E-state index in [0.717, 1.165) is 0 Å². The lowest BCUT2D eigenvalue weighted by molar-refractivity contribution is 0.363. The third-order valence-corrected chi connectivity index (χ3v) is 2.85. The lowest BCUT2D eigenvalue weighted by Crippen LogP contribution is -2.22. The summed E-state index contributed by atoms with van der Waals surface area (Å²) >= 11 is 3.27. The highest BCUT2D eigenvalue weighted by Crippen LogP contribution is 2.25. The number of hydrogen-bond donors (Lipinski definition) is 0. The smallest absolute Gasteiger partial charge is 0.232 e. The normalized spacial score (nSPS) is 20.7. The number of anilines is 1. The Morgan fingerprint density at radius 3 is 3.07 bits per heavy atom. The molecule has 1 aliphatic heterocycles. The molecule has 1 saturated heterocycles. The van der Waals surface area contributed by atoms with Crippen molar-refractivity contribution in [2.24, 2.45) is 0 Å². The van der Waals surface area contributed by atoms with Gasteiger partial charge in [0.1, 0.15) is 6.17 Å². The van der Waals surface area contributed by atoms with Gasteiger partial charge in [-0.15, -0.1) is 0 Å². The Hall–Kier alpha value is -0.910. The Morgan fingerprint density at radius 2 is 2.47 bits per heavy atom. The van der Waals surface area contributed by atoms with Crippen LogP contribution in [0, 0.1) is 0 Å². The fourth-order valence-corrected chi connectivity index (χ4v) is 1.89. The van der Waals surface area contributed by atoms with Crippen molar-refractivity contribution in [3.05, 3.63) is 10.7 Å². The number of rotatable bonds is 2. The predicted molar refractivity (Wildman–Crippen MR) is 58.0 cm³/mol. The van der Waals surface area contributed by atoms with Gasteiger partial charge >= 0.3 is 0 Å². The Balaban J connectivity index is 2.21. The number of hydrogen-bond acceptors (Lipinski definition) is 4. The van der Waals surface area contributed by atoms with Gasteiger partial charge in [-0.05, 0) is 22.4 Å². The molecule has 0 aliphatic carbocycles. The molecule has 1 fully saturated rings. The van der Waals surface area contributed by atoms with Crippen molar-refractivity contribution in [3.63, 3.8) is 0 Å². The molecular formula is C9H11BrFN3O. The van der Waals surface area contributed by atoms with Gasteiger partial charge in [-0.3, -0.25) is 0 Å². The first-order chi connectivity index (χ1) is 7.20. The standard InChI is InChI=1S/C9H11BrFN3O/c1-15-8-7(10)4-12-9(13-8)14-3-2-6(11)5-14/h4,6H,2-3,5H2,1H3. The molecule has 1 aromatic heterocycles. The van der Waals surface area contributed by atoms with Gasteiger partial charge in [0.05, 0.1) is 24.3 Å². The SMILES string of the molecule is COc1nc(N2CCC(F)C2)ncc1Br. The number of nitrogens with zero attached hydrogens (tertiary/aromatic N) is 3. The second-order valence-corrected chi connectivity index (χ2v) is 4.21. The van der Waals surface area contributed by atoms with Gasteiger partial charge in [-0.2, -0.15) is 4.98 Å². The molecule has 0 saturated carbocycles. The summed E-state index contributed by atoms with van der Waals surface area (Å²) in [6.45, 7) is 1.02. The highest BCUT2D eigenvalue weighted by atomic mass is 79.9. The van der Waals surface area contributed by atoms with Crippen LogP contribution >= 0.6 is 15.9 Å². The maximum atomic E-state index is 13.0. The maximum Gasteiger partial charge on any atom is 0.232 e. The molecule has 6 heteroatoms. The van der Waals surface area contributed by atoms with Crippen LogP contribution < -0.4 is 9.64 Å². The summed E-state index contributed by atoms with van der Waals surface area (Å²) in [6.07, 6.45) is 1.39. The van der Waals surface area contributed by atoms with Gasteiger partial charge in [0.25, 0.3) is 0 Å². The highest BCUT2D eigenvalue weighted by molar-refractivity contribution is 9.10. The van der Waals surface area contributed by atoms with Crippen LogP contribution in [0.5, 0.6) is 5.88 Å². The van der Waals surface area contributed by atoms with Crippen molar-refractivity contribution in [3.8, 4) is 5.88 Å². The number of halogens is 2. The van der Waals surface area contributed by atoms with Crippen LogP contribution in [-0.2, 0) is 0 Å². The van der Waals surface area contributed by atoms with Crippen LogP contribution in [0.4, 0.5) is 10.3 Å². The molecule has 0 radical (unpaired) electrons. The van der Waals surface area contributed by atoms with Gasteiger partial charge in [-0.25, -0.2) is 9.37 Å². The second kappa shape index (κ2) is 4.30. The van der Waals surface area contributed by atoms with E-state index < -0.39 is 6.17 Å². The molecule has 1 unspecified atom stereocenters. The Bertz CT molecular complexity index is 363. The van der Waals surface area contributed by atoms with Crippen LogP contribution in [0.3, 0.4) is 0 Å². The minimum atomic E-state index is -0.775. The van der Waals surface area contributed by atoms with Crippen LogP contribution in [0.2, 0.25) is 0 Å². The molecule has 82 valence electrons. The van der Waals surface area contributed by atoms with Gasteiger partial charge in [0.15, 0.2) is 0 Å². The van der Waals surface area contributed by atoms with Crippen molar-refractivity contribution in [2.75, 3.05) is 25.1 Å². The first kappa shape index (κ1) is 10.6. The van der Waals surface area contributed by atoms with E-state index in [1.807, 2.05) is 4.90 Å². The summed E-state index contributed by atoms with van der Waals surface area (Å²) < 4.78 is 18.7. The largest absolute Gasteiger partial charge is 0.480 e. The summed E-state index contributed by atoms with van der Waals surface area (Å²) in [6, 6.07) is 0. The van der Waals surface area contributed by atoms with Crippen molar-refractivity contribution >= 4 is 21.9 Å². The lowest BCUT2D eigenvalue weighted by atomic mass is 10.3. The van der Waals surface area contributed by atoms with Crippen molar-refractivity contribution in [1.82, 2.24) is 9.97 Å². The molecule has 2 heterocycles. The zero-order valence-electron chi connectivity index (χ0n) is 8.28. The van der Waals surface area contributed by atoms with E-state index in [4.69, 9.17) is 4.74 Å². The first-order valence-electron chi connectivity index (χ1n) is 4.66. The average molecular weight is 276 g/mol. The zero-order chi connectivity index (χ0) is 10.8. The highest BCUT2D eigenvalue weighted by Gasteiger charge is 2.24. The van der Waals surface area contributed by atoms with Crippen molar-refractivity contribution in [1.29, 1.82) is 0 Å². The molecule has 1 aliphatic rings. The van der Waals surface area contributed by atoms with Crippen molar-refractivity contribution in [2.45, 2.75) is 12.6 Å². The minimum absolute atomic E-state index is 0.366. The Kier molecular flexibility index (Phi) is 3.04. The van der Waals surface area contributed by atoms with Crippen LogP contribution in [0.25, 0.3) is 0 Å². The first-order valence-corrected chi connectivity index (χ1v) is 5.45. The third-order valence-electron chi connectivity index (χ3n) is 2.31. The van der Waals surface area contributed by atoms with E-state index >= 15 is 0 Å². The third kappa shape index (κ3) is 2.19. The number of aromatic nitrogens is 2. The molecule has 4 nitrogen and oxygen atoms in total. The topological polar surface area (TPSA) is 38.2 Å². The van der Waals surface area contributed by atoms with Crippen LogP contribution in [0.15, 0.2) is 10.7 Å². The van der Waals surface area contributed by atoms with E-state index in [0.29, 0.717) is 35.8 Å². The van der Waals surface area contributed by atoms with Crippen LogP contribution in [0.1, 0.15) is 6.42 Å². The monoisotopic (exact) mass is 275 g/mol. The number of ether oxygens (including phenoxy) is 1. The second-order valence-electron chi connectivity index (χ2n) is 3.36. The molecule has 1 atom stereocenters. The van der Waals surface area contributed by atoms with E-state index in [1.54, 1.807) is 13.3 Å². The van der Waals surface area contributed by atoms with Gasteiger partial charge in [-0.1, -0.05) is 0 Å².